The van der Waals surface area contributed by atoms with Gasteiger partial charge in [0.1, 0.15) is 171 Å². The zero-order chi connectivity index (χ0) is 65.2. The van der Waals surface area contributed by atoms with E-state index in [4.69, 9.17) is 77.8 Å². The van der Waals surface area contributed by atoms with Crippen LogP contribution in [0.2, 0.25) is 0 Å². The van der Waals surface area contributed by atoms with Gasteiger partial charge in [0.05, 0.1) is 45.2 Å². The molecule has 0 amide bonds. The van der Waals surface area contributed by atoms with Crippen LogP contribution >= 0.6 is 23.5 Å². The van der Waals surface area contributed by atoms with Crippen LogP contribution < -0.4 is 11.5 Å². The molecule has 0 aromatic carbocycles. The van der Waals surface area contributed by atoms with Crippen LogP contribution in [0, 0.1) is 0 Å². The molecule has 0 saturated carbocycles. The average molecular weight is 1340 g/mol. The summed E-state index contributed by atoms with van der Waals surface area (Å²) >= 11 is 1.60. The molecule has 0 aromatic heterocycles. The molecule has 37 atom stereocenters. The van der Waals surface area contributed by atoms with Gasteiger partial charge in [0.15, 0.2) is 44.0 Å². The van der Waals surface area contributed by atoms with Gasteiger partial charge in [-0.05, 0) is 0 Å². The molecule has 516 valence electrons. The van der Waals surface area contributed by atoms with Crippen LogP contribution in [0.25, 0.3) is 0 Å². The van der Waals surface area contributed by atoms with Crippen molar-refractivity contribution in [2.75, 3.05) is 56.0 Å². The van der Waals surface area contributed by atoms with Gasteiger partial charge in [-0.25, -0.2) is 0 Å². The van der Waals surface area contributed by atoms with Crippen LogP contribution in [0.1, 0.15) is 0 Å². The minimum absolute atomic E-state index is 0.319. The van der Waals surface area contributed by atoms with Gasteiger partial charge in [0.2, 0.25) is 0 Å². The maximum absolute atomic E-state index is 11.7. The van der Waals surface area contributed by atoms with Crippen molar-refractivity contribution in [3.05, 3.63) is 0 Å². The first-order chi connectivity index (χ1) is 42.2. The highest BCUT2D eigenvalue weighted by atomic mass is 32.2. The number of aliphatic hydroxyl groups excluding tert-OH is 19. The van der Waals surface area contributed by atoms with E-state index in [1.54, 1.807) is 0 Å². The first-order valence-electron chi connectivity index (χ1n) is 28.1. The third-order valence-electron chi connectivity index (χ3n) is 16.2. The molecule has 0 aliphatic carbocycles. The molecule has 21 saturated heterocycles. The maximum atomic E-state index is 11.7. The van der Waals surface area contributed by atoms with E-state index in [0.29, 0.717) is 0 Å². The van der Waals surface area contributed by atoms with Crippen molar-refractivity contribution in [2.24, 2.45) is 11.5 Å². The lowest BCUT2D eigenvalue weighted by Gasteiger charge is -2.50. The lowest BCUT2D eigenvalue weighted by molar-refractivity contribution is -0.395. The van der Waals surface area contributed by atoms with Crippen LogP contribution in [0.4, 0.5) is 0 Å². The zero-order valence-electron chi connectivity index (χ0n) is 46.6. The Morgan fingerprint density at radius 3 is 0.596 bits per heavy atom. The number of rotatable bonds is 15. The fourth-order valence-corrected chi connectivity index (χ4v) is 13.2. The van der Waals surface area contributed by atoms with Crippen molar-refractivity contribution in [3.8, 4) is 0 Å². The summed E-state index contributed by atoms with van der Waals surface area (Å²) in [6.45, 7) is -5.43. The number of nitrogens with two attached hydrogens (primary N) is 2. The standard InChI is InChI=1S/C48H80N2O37S2/c49-10(40(70)71)6-88-8-17-38-25(62)32(69)48(80-17)85-37-16(5-55)76-44(28(65)21(37)58)83-35-14(3-53)78-46(30(67)23(35)60)87-39-18(9-89-7-11(50)41(72)73)79-47(31(68)24(39)61)84-36-15(4-54)75-43(27(64)20(36)57)81-33-12(1-51)74-42(26(63)19(33)56)82-34-13(2-52)77-45(86-38)29(66)22(34)59/h10-39,42-48,51-69H,1-9,49-50H2,(H,70,71)(H,72,73)/t10?,11?,12?,13?,14?,15?,16?,17?,18?,19-,20-,21-,22-,23-,24-,25-,26?,27?,28?,29?,30?,31?,32?,33+,34+,35+,36+,37+,38+,39+,42+,43+,44-,45+,46-,47-,48+/m1/s1. The second kappa shape index (κ2) is 31.9. The molecule has 0 radical (unpaired) electrons. The Balaban J connectivity index is 1.11. The number of carbonyl (C=O) groups is 2. The molecule has 21 aliphatic rings. The summed E-state index contributed by atoms with van der Waals surface area (Å²) in [5, 5.41) is 233. The largest absolute Gasteiger partial charge is 0.480 e. The molecule has 25 N–H and O–H groups in total. The van der Waals surface area contributed by atoms with E-state index in [1.807, 2.05) is 0 Å². The lowest BCUT2D eigenvalue weighted by atomic mass is 9.95. The molecular formula is C48H80N2O37S2. The van der Waals surface area contributed by atoms with E-state index in [9.17, 15) is 117 Å². The normalized spacial score (nSPS) is 50.1. The smallest absolute Gasteiger partial charge is 0.321 e. The van der Waals surface area contributed by atoms with Crippen molar-refractivity contribution >= 4 is 35.5 Å². The van der Waals surface area contributed by atoms with Crippen molar-refractivity contribution in [3.63, 3.8) is 0 Å². The second-order valence-corrected chi connectivity index (χ2v) is 24.4. The molecule has 21 rings (SSSR count). The molecule has 89 heavy (non-hydrogen) atoms. The highest BCUT2D eigenvalue weighted by Gasteiger charge is 2.60. The predicted octanol–water partition coefficient (Wildman–Crippen LogP) is -14.9. The number of aliphatic carboxylic acids is 2. The first-order valence-corrected chi connectivity index (χ1v) is 30.4. The van der Waals surface area contributed by atoms with Gasteiger partial charge in [0.25, 0.3) is 0 Å². The number of hydrogen-bond acceptors (Lipinski definition) is 39. The topological polar surface area (TPSA) is 640 Å². The van der Waals surface area contributed by atoms with Crippen molar-refractivity contribution < 1.29 is 183 Å². The van der Waals surface area contributed by atoms with Crippen molar-refractivity contribution in [2.45, 2.75) is 227 Å². The SMILES string of the molecule is NC(CSCC1O[C@@H]2O[C@H]3C(CO)O[C@@H](O[C@H]4C(CO)O[C@@H](O[C@H]5C(CO)O[C@@H](O[C@H]6C(CSCC(N)C(=O)O)O[C@@H](O[C@H]7C(CO)O[C@H](O[C@H]8C(CO)O[C@H](O[C@@H]1[C@H](O)C2O)C(O)[C@H]8O)C(O)[C@H]7O)C(O)[C@H]6O)C(O)[C@H]5O)C(O)[C@H]4O)C(O)[C@H]3O)C(=O)O. The number of carboxylic acids is 2. The summed E-state index contributed by atoms with van der Waals surface area (Å²) in [5.41, 5.74) is 11.4. The Morgan fingerprint density at radius 1 is 0.281 bits per heavy atom. The molecule has 0 spiro atoms. The minimum atomic E-state index is -2.27. The Morgan fingerprint density at radius 2 is 0.438 bits per heavy atom. The second-order valence-electron chi connectivity index (χ2n) is 22.3. The predicted molar refractivity (Wildman–Crippen MR) is 280 cm³/mol. The number of carboxylic acid groups (broad SMARTS) is 2. The van der Waals surface area contributed by atoms with Gasteiger partial charge in [-0.3, -0.25) is 9.59 Å². The molecule has 16 unspecified atom stereocenters. The Bertz CT molecular complexity index is 2200. The average Bonchev–Trinajstić information content (AvgIpc) is 0.884. The Hall–Kier alpha value is -1.76. The summed E-state index contributed by atoms with van der Waals surface area (Å²) < 4.78 is 81.6. The van der Waals surface area contributed by atoms with Gasteiger partial charge < -0.3 is 185 Å². The molecule has 0 aromatic rings. The van der Waals surface area contributed by atoms with E-state index >= 15 is 0 Å². The van der Waals surface area contributed by atoms with Crippen LogP contribution in [0.5, 0.6) is 0 Å². The van der Waals surface area contributed by atoms with Crippen LogP contribution in [-0.4, -0.2) is 402 Å². The molecule has 21 heterocycles. The minimum Gasteiger partial charge on any atom is -0.480 e. The lowest BCUT2D eigenvalue weighted by Crippen LogP contribution is -2.68. The summed E-state index contributed by atoms with van der Waals surface area (Å²) in [7, 11) is 0. The van der Waals surface area contributed by atoms with Crippen molar-refractivity contribution in [1.82, 2.24) is 0 Å². The van der Waals surface area contributed by atoms with Gasteiger partial charge in [-0.1, -0.05) is 0 Å². The third kappa shape index (κ3) is 15.9. The van der Waals surface area contributed by atoms with E-state index < -0.39 is 284 Å². The number of hydrogen-bond donors (Lipinski definition) is 23. The van der Waals surface area contributed by atoms with Crippen molar-refractivity contribution in [1.29, 1.82) is 0 Å². The van der Waals surface area contributed by atoms with E-state index in [-0.39, 0.29) is 11.5 Å². The molecule has 39 nitrogen and oxygen atoms in total. The summed E-state index contributed by atoms with van der Waals surface area (Å²) in [6.07, 6.45) is -71.4. The summed E-state index contributed by atoms with van der Waals surface area (Å²) in [6, 6.07) is -2.94. The monoisotopic (exact) mass is 1340 g/mol. The van der Waals surface area contributed by atoms with Gasteiger partial charge in [-0.15, -0.1) is 0 Å². The Kier molecular flexibility index (Phi) is 26.2. The van der Waals surface area contributed by atoms with Crippen LogP contribution in [-0.2, 0) is 75.9 Å². The molecule has 21 fully saturated rings. The first kappa shape index (κ1) is 73.1. The van der Waals surface area contributed by atoms with E-state index in [0.717, 1.165) is 23.5 Å². The van der Waals surface area contributed by atoms with E-state index in [2.05, 4.69) is 0 Å². The summed E-state index contributed by atoms with van der Waals surface area (Å²) in [5.74, 6) is -4.26. The van der Waals surface area contributed by atoms with E-state index in [1.165, 1.54) is 0 Å². The quantitative estimate of drug-likeness (QED) is 0.0724. The maximum Gasteiger partial charge on any atom is 0.321 e. The number of thioether (sulfide) groups is 2. The summed E-state index contributed by atoms with van der Waals surface area (Å²) in [4.78, 5) is 23.2. The van der Waals surface area contributed by atoms with Crippen LogP contribution in [0.15, 0.2) is 0 Å². The van der Waals surface area contributed by atoms with Gasteiger partial charge >= 0.3 is 11.9 Å². The zero-order valence-corrected chi connectivity index (χ0v) is 48.3. The molecule has 21 aliphatic heterocycles. The van der Waals surface area contributed by atoms with Gasteiger partial charge in [0, 0.05) is 23.0 Å². The molecule has 41 heteroatoms. The fourth-order valence-electron chi connectivity index (χ4n) is 11.2. The number of aliphatic hydroxyl groups is 19. The molecule has 14 bridgehead atoms. The van der Waals surface area contributed by atoms with Crippen LogP contribution in [0.3, 0.4) is 0 Å². The number of ether oxygens (including phenoxy) is 14. The Labute approximate surface area is 511 Å². The highest BCUT2D eigenvalue weighted by Crippen LogP contribution is 2.40. The fraction of sp³-hybridized carbons (Fsp3) is 0.958. The van der Waals surface area contributed by atoms with Gasteiger partial charge in [-0.2, -0.15) is 23.5 Å². The highest BCUT2D eigenvalue weighted by molar-refractivity contribution is 7.99. The molecular weight excluding hydrogens is 1260 g/mol. The third-order valence-corrected chi connectivity index (χ3v) is 18.5.